The quantitative estimate of drug-likeness (QED) is 0.799. The lowest BCUT2D eigenvalue weighted by atomic mass is 10.1. The van der Waals surface area contributed by atoms with Gasteiger partial charge < -0.3 is 15.0 Å². The van der Waals surface area contributed by atoms with Gasteiger partial charge in [0.1, 0.15) is 18.1 Å². The number of hydrogen-bond acceptors (Lipinski definition) is 5. The van der Waals surface area contributed by atoms with E-state index in [2.05, 4.69) is 10.1 Å². The highest BCUT2D eigenvalue weighted by molar-refractivity contribution is 5.70. The summed E-state index contributed by atoms with van der Waals surface area (Å²) in [4.78, 5) is 23.5. The molecule has 2 heterocycles. The van der Waals surface area contributed by atoms with Crippen molar-refractivity contribution in [3.05, 3.63) is 42.4 Å². The first-order valence-electron chi connectivity index (χ1n) is 6.90. The second-order valence-electron chi connectivity index (χ2n) is 4.72. The fourth-order valence-corrected chi connectivity index (χ4v) is 1.69. The van der Waals surface area contributed by atoms with Gasteiger partial charge in [-0.3, -0.25) is 9.78 Å². The van der Waals surface area contributed by atoms with Crippen LogP contribution in [0.3, 0.4) is 0 Å². The van der Waals surface area contributed by atoms with Crippen molar-refractivity contribution < 1.29 is 37.7 Å². The highest BCUT2D eigenvalue weighted by atomic mass is 19.4. The van der Waals surface area contributed by atoms with Crippen LogP contribution in [0.25, 0.3) is 11.3 Å². The summed E-state index contributed by atoms with van der Waals surface area (Å²) in [5.41, 5.74) is 2.66. The first-order valence-corrected chi connectivity index (χ1v) is 6.90. The molecule has 0 saturated heterocycles. The van der Waals surface area contributed by atoms with Crippen LogP contribution in [0.5, 0.6) is 0 Å². The monoisotopic (exact) mass is 357 g/mol. The van der Waals surface area contributed by atoms with Crippen LogP contribution in [0.15, 0.2) is 36.7 Å². The molecular weight excluding hydrogens is 343 g/mol. The maximum Gasteiger partial charge on any atom is 0.430 e. The predicted octanol–water partition coefficient (Wildman–Crippen LogP) is 0.513. The van der Waals surface area contributed by atoms with E-state index in [4.69, 9.17) is 15.0 Å². The van der Waals surface area contributed by atoms with Gasteiger partial charge in [0, 0.05) is 17.8 Å². The fourth-order valence-electron chi connectivity index (χ4n) is 1.69. The Kier molecular flexibility index (Phi) is 6.97. The van der Waals surface area contributed by atoms with Crippen LogP contribution >= 0.6 is 0 Å². The third-order valence-electron chi connectivity index (χ3n) is 2.81. The lowest BCUT2D eigenvalue weighted by Gasteiger charge is -2.03. The van der Waals surface area contributed by atoms with Crippen LogP contribution in [0.2, 0.25) is 0 Å². The van der Waals surface area contributed by atoms with Crippen molar-refractivity contribution in [1.82, 2.24) is 10.1 Å². The largest absolute Gasteiger partial charge is 0.542 e. The third-order valence-corrected chi connectivity index (χ3v) is 2.81. The Labute approximate surface area is 140 Å². The lowest BCUT2D eigenvalue weighted by molar-refractivity contribution is -0.753. The molecule has 2 aromatic rings. The highest BCUT2D eigenvalue weighted by Gasteiger charge is 2.28. The summed E-state index contributed by atoms with van der Waals surface area (Å²) in [6.07, 6.45) is -1.61. The van der Waals surface area contributed by atoms with Crippen LogP contribution in [-0.4, -0.2) is 33.3 Å². The van der Waals surface area contributed by atoms with Crippen molar-refractivity contribution in [2.45, 2.75) is 26.1 Å². The Balaban J connectivity index is 0.000000381. The molecule has 1 N–H and O–H groups in total. The van der Waals surface area contributed by atoms with Gasteiger partial charge in [0.05, 0.1) is 5.69 Å². The van der Waals surface area contributed by atoms with Crippen molar-refractivity contribution in [3.8, 4) is 11.3 Å². The zero-order valence-electron chi connectivity index (χ0n) is 13.0. The molecule has 0 aliphatic carbocycles. The molecule has 134 valence electrons. The van der Waals surface area contributed by atoms with E-state index in [0.717, 1.165) is 17.0 Å². The van der Waals surface area contributed by atoms with Crippen LogP contribution in [0.4, 0.5) is 13.2 Å². The number of carbonyl (C=O) groups is 2. The zero-order chi connectivity index (χ0) is 19.0. The molecule has 0 spiro atoms. The highest BCUT2D eigenvalue weighted by Crippen LogP contribution is 2.17. The van der Waals surface area contributed by atoms with Gasteiger partial charge in [-0.1, -0.05) is 10.7 Å². The summed E-state index contributed by atoms with van der Waals surface area (Å²) in [7, 11) is 0. The molecule has 0 aliphatic rings. The lowest BCUT2D eigenvalue weighted by Crippen LogP contribution is -2.39. The number of alkyl halides is 3. The number of carboxylic acid groups (broad SMARTS) is 2. The van der Waals surface area contributed by atoms with Gasteiger partial charge in [0.15, 0.2) is 12.7 Å². The number of aromatic nitrogens is 3. The van der Waals surface area contributed by atoms with Crippen LogP contribution in [0, 0.1) is 6.92 Å². The first kappa shape index (κ1) is 20.0. The standard InChI is InChI=1S/C13H13N3O2.C2HF3O2/c1-10-11(12-4-2-3-7-14-12)5-8-16(15-10)9-6-13(17)18;3-2(4,5)1(6)7/h2-5,7-8H,6,9H2,1H3;(H,6,7). The van der Waals surface area contributed by atoms with Crippen LogP contribution in [0.1, 0.15) is 12.1 Å². The van der Waals surface area contributed by atoms with Crippen LogP contribution < -0.4 is 9.79 Å². The topological polar surface area (TPSA) is 107 Å². The molecular formula is C15H14F3N3O4. The van der Waals surface area contributed by atoms with Crippen molar-refractivity contribution in [2.75, 3.05) is 0 Å². The van der Waals surface area contributed by atoms with Gasteiger partial charge in [0.2, 0.25) is 0 Å². The smallest absolute Gasteiger partial charge is 0.430 e. The van der Waals surface area contributed by atoms with E-state index in [-0.39, 0.29) is 6.42 Å². The number of carbonyl (C=O) groups excluding carboxylic acids is 1. The SMILES string of the molecule is Cc1n[n+](CCC(=O)O)ccc1-c1ccccn1.O=C([O-])C(F)(F)F. The minimum atomic E-state index is -5.19. The van der Waals surface area contributed by atoms with E-state index in [0.29, 0.717) is 6.54 Å². The van der Waals surface area contributed by atoms with Crippen molar-refractivity contribution >= 4 is 11.9 Å². The second-order valence-corrected chi connectivity index (χ2v) is 4.72. The Bertz CT molecular complexity index is 737. The van der Waals surface area contributed by atoms with Gasteiger partial charge in [-0.25, -0.2) is 0 Å². The number of hydrogen-bond donors (Lipinski definition) is 1. The maximum atomic E-state index is 10.5. The molecule has 2 aromatic heterocycles. The van der Waals surface area contributed by atoms with E-state index in [9.17, 15) is 18.0 Å². The van der Waals surface area contributed by atoms with E-state index >= 15 is 0 Å². The molecule has 0 unspecified atom stereocenters. The van der Waals surface area contributed by atoms with Crippen LogP contribution in [-0.2, 0) is 16.1 Å². The molecule has 0 fully saturated rings. The number of carboxylic acids is 2. The van der Waals surface area contributed by atoms with Gasteiger partial charge in [-0.15, -0.1) is 0 Å². The summed E-state index contributed by atoms with van der Waals surface area (Å²) >= 11 is 0. The van der Waals surface area contributed by atoms with Crippen molar-refractivity contribution in [1.29, 1.82) is 0 Å². The molecule has 0 atom stereocenters. The molecule has 0 radical (unpaired) electrons. The number of halogens is 3. The van der Waals surface area contributed by atoms with Gasteiger partial charge in [-0.2, -0.15) is 13.2 Å². The number of rotatable bonds is 4. The number of pyridine rings is 1. The van der Waals surface area contributed by atoms with E-state index in [1.807, 2.05) is 31.2 Å². The van der Waals surface area contributed by atoms with Gasteiger partial charge in [-0.05, 0) is 24.2 Å². The van der Waals surface area contributed by atoms with Crippen molar-refractivity contribution in [3.63, 3.8) is 0 Å². The van der Waals surface area contributed by atoms with Gasteiger partial charge >= 0.3 is 12.1 Å². The molecule has 0 aliphatic heterocycles. The average molecular weight is 357 g/mol. The molecule has 0 bridgehead atoms. The average Bonchev–Trinajstić information content (AvgIpc) is 2.53. The molecule has 2 rings (SSSR count). The summed E-state index contributed by atoms with van der Waals surface area (Å²) in [6.45, 7) is 2.26. The normalized spacial score (nSPS) is 10.6. The number of aliphatic carboxylic acids is 2. The van der Waals surface area contributed by atoms with E-state index < -0.39 is 18.1 Å². The molecule has 10 heteroatoms. The summed E-state index contributed by atoms with van der Waals surface area (Å²) < 4.78 is 33.2. The first-order chi connectivity index (χ1) is 11.6. The summed E-state index contributed by atoms with van der Waals surface area (Å²) in [6, 6.07) is 7.62. The summed E-state index contributed by atoms with van der Waals surface area (Å²) in [5, 5.41) is 21.7. The summed E-state index contributed by atoms with van der Waals surface area (Å²) in [5.74, 6) is -3.83. The van der Waals surface area contributed by atoms with Gasteiger partial charge in [0.25, 0.3) is 0 Å². The third kappa shape index (κ3) is 6.94. The predicted molar refractivity (Wildman–Crippen MR) is 75.7 cm³/mol. The maximum absolute atomic E-state index is 10.5. The zero-order valence-corrected chi connectivity index (χ0v) is 13.0. The van der Waals surface area contributed by atoms with Crippen molar-refractivity contribution in [2.24, 2.45) is 0 Å². The molecule has 0 aromatic carbocycles. The van der Waals surface area contributed by atoms with E-state index in [1.54, 1.807) is 17.1 Å². The fraction of sp³-hybridized carbons (Fsp3) is 0.267. The van der Waals surface area contributed by atoms with E-state index in [1.165, 1.54) is 0 Å². The minimum absolute atomic E-state index is 0.0695. The number of aryl methyl sites for hydroxylation is 2. The number of nitrogens with zero attached hydrogens (tertiary/aromatic N) is 3. The minimum Gasteiger partial charge on any atom is -0.542 e. The Morgan fingerprint density at radius 3 is 2.36 bits per heavy atom. The Morgan fingerprint density at radius 1 is 1.28 bits per heavy atom. The Hall–Kier alpha value is -3.04. The second kappa shape index (κ2) is 8.71. The molecule has 0 amide bonds. The molecule has 7 nitrogen and oxygen atoms in total. The Morgan fingerprint density at radius 2 is 1.92 bits per heavy atom. The molecule has 25 heavy (non-hydrogen) atoms. The molecule has 0 saturated carbocycles.